The van der Waals surface area contributed by atoms with Crippen LogP contribution in [0.5, 0.6) is 0 Å². The molecule has 1 saturated carbocycles. The zero-order valence-corrected chi connectivity index (χ0v) is 19.7. The minimum absolute atomic E-state index is 0.0564. The van der Waals surface area contributed by atoms with Gasteiger partial charge < -0.3 is 14.6 Å². The van der Waals surface area contributed by atoms with E-state index in [2.05, 4.69) is 5.32 Å². The van der Waals surface area contributed by atoms with Crippen molar-refractivity contribution in [2.24, 2.45) is 0 Å². The molecule has 0 unspecified atom stereocenters. The van der Waals surface area contributed by atoms with Gasteiger partial charge in [-0.05, 0) is 30.4 Å². The number of nitrogens with one attached hydrogen (secondary N) is 1. The van der Waals surface area contributed by atoms with Crippen molar-refractivity contribution < 1.29 is 22.4 Å². The van der Waals surface area contributed by atoms with Crippen molar-refractivity contribution in [1.82, 2.24) is 13.5 Å². The molecule has 1 saturated heterocycles. The summed E-state index contributed by atoms with van der Waals surface area (Å²) in [6.45, 7) is 1.13. The number of nitrogens with zero attached hydrogens (tertiary/aromatic N) is 3. The average molecular weight is 481 g/mol. The van der Waals surface area contributed by atoms with E-state index in [0.717, 1.165) is 25.7 Å². The lowest BCUT2D eigenvalue weighted by Gasteiger charge is -2.38. The monoisotopic (exact) mass is 480 g/mol. The molecule has 9 nitrogen and oxygen atoms in total. The highest BCUT2D eigenvalue weighted by Gasteiger charge is 2.36. The molecule has 0 spiro atoms. The first-order valence-electron chi connectivity index (χ1n) is 10.8. The van der Waals surface area contributed by atoms with E-state index in [-0.39, 0.29) is 30.9 Å². The molecule has 1 N–H and O–H groups in total. The number of hydrogen-bond acceptors (Lipinski definition) is 6. The third-order valence-electron chi connectivity index (χ3n) is 6.20. The Hall–Kier alpha value is -2.21. The molecular formula is C21H28N4O5S2. The average Bonchev–Trinajstić information content (AvgIpc) is 3.51. The van der Waals surface area contributed by atoms with Gasteiger partial charge in [0.2, 0.25) is 0 Å². The van der Waals surface area contributed by atoms with Gasteiger partial charge in [-0.15, -0.1) is 11.3 Å². The number of thiophene rings is 1. The summed E-state index contributed by atoms with van der Waals surface area (Å²) in [6, 6.07) is 3.30. The second-order valence-corrected chi connectivity index (χ2v) is 11.0. The lowest BCUT2D eigenvalue weighted by molar-refractivity contribution is 0.0698. The van der Waals surface area contributed by atoms with Crippen LogP contribution in [0.3, 0.4) is 0 Å². The highest BCUT2D eigenvalue weighted by atomic mass is 32.2. The van der Waals surface area contributed by atoms with Gasteiger partial charge in [0.15, 0.2) is 0 Å². The normalized spacial score (nSPS) is 18.8. The van der Waals surface area contributed by atoms with Crippen molar-refractivity contribution in [1.29, 1.82) is 0 Å². The maximum atomic E-state index is 13.1. The molecule has 0 bridgehead atoms. The third kappa shape index (κ3) is 4.75. The van der Waals surface area contributed by atoms with Gasteiger partial charge in [0, 0.05) is 39.3 Å². The molecule has 11 heteroatoms. The number of amides is 2. The summed E-state index contributed by atoms with van der Waals surface area (Å²) in [5, 5.41) is 4.50. The Morgan fingerprint density at radius 2 is 1.84 bits per heavy atom. The summed E-state index contributed by atoms with van der Waals surface area (Å²) >= 11 is 1.25. The molecule has 0 radical (unpaired) electrons. The van der Waals surface area contributed by atoms with Crippen LogP contribution in [-0.2, 0) is 10.2 Å². The highest BCUT2D eigenvalue weighted by Crippen LogP contribution is 2.27. The fourth-order valence-electron chi connectivity index (χ4n) is 4.24. The fourth-order valence-corrected chi connectivity index (χ4v) is 6.63. The van der Waals surface area contributed by atoms with Crippen molar-refractivity contribution in [3.8, 4) is 0 Å². The smallest absolute Gasteiger partial charge is 0.282 e. The minimum Gasteiger partial charge on any atom is -0.472 e. The van der Waals surface area contributed by atoms with Gasteiger partial charge in [-0.25, -0.2) is 0 Å². The maximum absolute atomic E-state index is 13.1. The number of piperazine rings is 1. The molecule has 0 aromatic carbocycles. The van der Waals surface area contributed by atoms with E-state index in [1.807, 2.05) is 0 Å². The fraction of sp³-hybridized carbons (Fsp3) is 0.524. The van der Waals surface area contributed by atoms with E-state index in [9.17, 15) is 18.0 Å². The van der Waals surface area contributed by atoms with Crippen molar-refractivity contribution in [3.63, 3.8) is 0 Å². The summed E-state index contributed by atoms with van der Waals surface area (Å²) < 4.78 is 34.1. The zero-order valence-electron chi connectivity index (χ0n) is 18.0. The summed E-state index contributed by atoms with van der Waals surface area (Å²) in [5.74, 6) is -0.562. The van der Waals surface area contributed by atoms with Crippen molar-refractivity contribution in [2.45, 2.75) is 38.1 Å². The van der Waals surface area contributed by atoms with Crippen LogP contribution in [0.2, 0.25) is 0 Å². The first-order valence-corrected chi connectivity index (χ1v) is 13.1. The minimum atomic E-state index is -3.55. The van der Waals surface area contributed by atoms with Gasteiger partial charge in [-0.2, -0.15) is 17.0 Å². The predicted octanol–water partition coefficient (Wildman–Crippen LogP) is 2.86. The standard InChI is InChI=1S/C21H28N4O5S2/c1-23(17-5-3-2-4-6-17)32(28,29)25-11-9-24(10-12-25)21(27)19-18(8-14-31-19)22-20(26)16-7-13-30-15-16/h7-8,13-15,17H,2-6,9-12H2,1H3,(H,22,26). The summed E-state index contributed by atoms with van der Waals surface area (Å²) in [4.78, 5) is 27.5. The van der Waals surface area contributed by atoms with Crippen LogP contribution in [-0.4, -0.2) is 73.0 Å². The van der Waals surface area contributed by atoms with E-state index in [4.69, 9.17) is 4.42 Å². The maximum Gasteiger partial charge on any atom is 0.282 e. The number of hydrogen-bond donors (Lipinski definition) is 1. The van der Waals surface area contributed by atoms with Crippen LogP contribution in [0.4, 0.5) is 5.69 Å². The lowest BCUT2D eigenvalue weighted by Crippen LogP contribution is -2.55. The number of rotatable bonds is 6. The Bertz CT molecular complexity index is 1040. The van der Waals surface area contributed by atoms with Crippen LogP contribution >= 0.6 is 11.3 Å². The second kappa shape index (κ2) is 9.74. The molecule has 3 heterocycles. The quantitative estimate of drug-likeness (QED) is 0.685. The van der Waals surface area contributed by atoms with E-state index in [1.54, 1.807) is 29.5 Å². The first-order chi connectivity index (χ1) is 15.4. The van der Waals surface area contributed by atoms with Gasteiger partial charge in [0.05, 0.1) is 17.5 Å². The van der Waals surface area contributed by atoms with Gasteiger partial charge >= 0.3 is 0 Å². The summed E-state index contributed by atoms with van der Waals surface area (Å²) in [5.41, 5.74) is 0.814. The molecule has 1 aliphatic heterocycles. The Morgan fingerprint density at radius 3 is 2.50 bits per heavy atom. The molecule has 2 amide bonds. The van der Waals surface area contributed by atoms with Crippen molar-refractivity contribution in [2.75, 3.05) is 38.5 Å². The third-order valence-corrected chi connectivity index (χ3v) is 9.14. The molecule has 4 rings (SSSR count). The molecule has 174 valence electrons. The number of furan rings is 1. The topological polar surface area (TPSA) is 103 Å². The van der Waals surface area contributed by atoms with Gasteiger partial charge in [0.1, 0.15) is 11.1 Å². The molecule has 2 aromatic rings. The Balaban J connectivity index is 1.37. The molecule has 1 aliphatic carbocycles. The summed E-state index contributed by atoms with van der Waals surface area (Å²) in [7, 11) is -1.88. The van der Waals surface area contributed by atoms with Crippen molar-refractivity contribution in [3.05, 3.63) is 40.5 Å². The van der Waals surface area contributed by atoms with Gasteiger partial charge in [0.25, 0.3) is 22.0 Å². The summed E-state index contributed by atoms with van der Waals surface area (Å²) in [6.07, 6.45) is 7.85. The lowest BCUT2D eigenvalue weighted by atomic mass is 9.96. The number of anilines is 1. The van der Waals surface area contributed by atoms with Crippen LogP contribution < -0.4 is 5.32 Å². The molecule has 0 atom stereocenters. The SMILES string of the molecule is CN(C1CCCCC1)S(=O)(=O)N1CCN(C(=O)c2sccc2NC(=O)c2ccoc2)CC1. The Kier molecular flexibility index (Phi) is 6.99. The van der Waals surface area contributed by atoms with E-state index in [0.29, 0.717) is 29.2 Å². The number of carbonyl (C=O) groups excluding carboxylic acids is 2. The first kappa shape index (κ1) is 23.0. The highest BCUT2D eigenvalue weighted by molar-refractivity contribution is 7.86. The Morgan fingerprint density at radius 1 is 1.12 bits per heavy atom. The van der Waals surface area contributed by atoms with E-state index < -0.39 is 10.2 Å². The van der Waals surface area contributed by atoms with Crippen LogP contribution in [0, 0.1) is 0 Å². The van der Waals surface area contributed by atoms with Crippen LogP contribution in [0.15, 0.2) is 34.5 Å². The molecular weight excluding hydrogens is 452 g/mol. The van der Waals surface area contributed by atoms with Crippen LogP contribution in [0.1, 0.15) is 52.1 Å². The van der Waals surface area contributed by atoms with Crippen LogP contribution in [0.25, 0.3) is 0 Å². The zero-order chi connectivity index (χ0) is 22.7. The molecule has 32 heavy (non-hydrogen) atoms. The van der Waals surface area contributed by atoms with E-state index >= 15 is 0 Å². The molecule has 2 aliphatic rings. The van der Waals surface area contributed by atoms with Crippen molar-refractivity contribution >= 4 is 39.0 Å². The molecule has 2 aromatic heterocycles. The van der Waals surface area contributed by atoms with Gasteiger partial charge in [-0.1, -0.05) is 19.3 Å². The Labute approximate surface area is 192 Å². The van der Waals surface area contributed by atoms with E-state index in [1.165, 1.54) is 38.9 Å². The predicted molar refractivity (Wildman–Crippen MR) is 122 cm³/mol. The largest absolute Gasteiger partial charge is 0.472 e. The molecule has 2 fully saturated rings. The number of carbonyl (C=O) groups is 2. The second-order valence-electron chi connectivity index (χ2n) is 8.14. The van der Waals surface area contributed by atoms with Gasteiger partial charge in [-0.3, -0.25) is 9.59 Å².